The first kappa shape index (κ1) is 22.3. The number of hydrogen-bond acceptors (Lipinski definition) is 3. The third kappa shape index (κ3) is 5.59. The third-order valence-corrected chi connectivity index (χ3v) is 6.02. The van der Waals surface area contributed by atoms with E-state index in [1.807, 2.05) is 0 Å². The zero-order chi connectivity index (χ0) is 21.7. The zero-order valence-electron chi connectivity index (χ0n) is 16.1. The van der Waals surface area contributed by atoms with Crippen LogP contribution in [0.25, 0.3) is 0 Å². The summed E-state index contributed by atoms with van der Waals surface area (Å²) in [6.07, 6.45) is -0.697. The van der Waals surface area contributed by atoms with Crippen molar-refractivity contribution in [1.82, 2.24) is 10.2 Å². The molecule has 0 radical (unpaired) electrons. The van der Waals surface area contributed by atoms with Crippen LogP contribution in [0, 0.1) is 5.82 Å². The Bertz CT molecular complexity index is 847. The van der Waals surface area contributed by atoms with Crippen molar-refractivity contribution in [3.05, 3.63) is 58.0 Å². The highest BCUT2D eigenvalue weighted by atomic mass is 32.1. The first-order valence-corrected chi connectivity index (χ1v) is 10.6. The van der Waals surface area contributed by atoms with Crippen LogP contribution in [0.3, 0.4) is 0 Å². The maximum atomic E-state index is 13.4. The van der Waals surface area contributed by atoms with Crippen LogP contribution < -0.4 is 5.32 Å². The lowest BCUT2D eigenvalue weighted by molar-refractivity contribution is -0.189. The molecule has 162 valence electrons. The fourth-order valence-corrected chi connectivity index (χ4v) is 4.46. The summed E-state index contributed by atoms with van der Waals surface area (Å²) in [5, 5.41) is 4.48. The summed E-state index contributed by atoms with van der Waals surface area (Å²) in [7, 11) is 0. The molecule has 1 saturated carbocycles. The van der Waals surface area contributed by atoms with E-state index in [4.69, 9.17) is 0 Å². The van der Waals surface area contributed by atoms with Crippen LogP contribution >= 0.6 is 11.3 Å². The van der Waals surface area contributed by atoms with Gasteiger partial charge in [-0.2, -0.15) is 13.2 Å². The van der Waals surface area contributed by atoms with Crippen LogP contribution in [0.15, 0.2) is 41.8 Å². The van der Waals surface area contributed by atoms with Gasteiger partial charge in [-0.25, -0.2) is 4.39 Å². The Labute approximate surface area is 175 Å². The minimum atomic E-state index is -5.15. The molecule has 3 rings (SSSR count). The molecule has 1 heterocycles. The van der Waals surface area contributed by atoms with Gasteiger partial charge in [-0.05, 0) is 42.0 Å². The van der Waals surface area contributed by atoms with E-state index < -0.39 is 36.4 Å². The third-order valence-electron chi connectivity index (χ3n) is 5.09. The van der Waals surface area contributed by atoms with E-state index in [2.05, 4.69) is 5.32 Å². The number of alkyl halides is 3. The molecule has 1 aromatic heterocycles. The molecule has 1 N–H and O–H groups in total. The number of carbonyl (C=O) groups is 2. The highest BCUT2D eigenvalue weighted by molar-refractivity contribution is 7.10. The molecule has 30 heavy (non-hydrogen) atoms. The van der Waals surface area contributed by atoms with E-state index in [1.54, 1.807) is 11.4 Å². The highest BCUT2D eigenvalue weighted by Gasteiger charge is 2.47. The number of benzene rings is 1. The quantitative estimate of drug-likeness (QED) is 0.643. The fraction of sp³-hybridized carbons (Fsp3) is 0.429. The van der Waals surface area contributed by atoms with Gasteiger partial charge in [-0.15, -0.1) is 11.3 Å². The number of rotatable bonds is 6. The van der Waals surface area contributed by atoms with Crippen molar-refractivity contribution in [3.63, 3.8) is 0 Å². The molecule has 1 aromatic carbocycles. The van der Waals surface area contributed by atoms with Crippen LogP contribution in [0.5, 0.6) is 0 Å². The molecule has 1 aliphatic rings. The van der Waals surface area contributed by atoms with Gasteiger partial charge in [0, 0.05) is 17.5 Å². The van der Waals surface area contributed by atoms with Gasteiger partial charge in [0.25, 0.3) is 0 Å². The Kier molecular flexibility index (Phi) is 7.12. The topological polar surface area (TPSA) is 49.4 Å². The lowest BCUT2D eigenvalue weighted by Gasteiger charge is -2.33. The van der Waals surface area contributed by atoms with E-state index in [1.165, 1.54) is 18.2 Å². The van der Waals surface area contributed by atoms with E-state index in [9.17, 15) is 27.2 Å². The van der Waals surface area contributed by atoms with Crippen LogP contribution in [0.2, 0.25) is 0 Å². The molecular weight excluding hydrogens is 420 g/mol. The SMILES string of the molecule is O=C(NC1CCCCC1)[C@H](c1cccs1)N(Cc1ccc(F)cc1)C(=O)C(F)(F)F. The zero-order valence-corrected chi connectivity index (χ0v) is 16.9. The summed E-state index contributed by atoms with van der Waals surface area (Å²) in [5.41, 5.74) is 0.293. The molecular formula is C21H22F4N2O2S. The Balaban J connectivity index is 1.94. The van der Waals surface area contributed by atoms with E-state index in [-0.39, 0.29) is 6.04 Å². The second kappa shape index (κ2) is 9.59. The summed E-state index contributed by atoms with van der Waals surface area (Å²) >= 11 is 1.11. The fourth-order valence-electron chi connectivity index (χ4n) is 3.63. The number of nitrogens with zero attached hydrogens (tertiary/aromatic N) is 1. The molecule has 1 aliphatic carbocycles. The van der Waals surface area contributed by atoms with Crippen molar-refractivity contribution in [2.75, 3.05) is 0 Å². The van der Waals surface area contributed by atoms with E-state index >= 15 is 0 Å². The van der Waals surface area contributed by atoms with E-state index in [0.29, 0.717) is 15.3 Å². The summed E-state index contributed by atoms with van der Waals surface area (Å²) in [4.78, 5) is 26.3. The minimum absolute atomic E-state index is 0.123. The molecule has 0 bridgehead atoms. The van der Waals surface area contributed by atoms with E-state index in [0.717, 1.165) is 55.6 Å². The van der Waals surface area contributed by atoms with Crippen LogP contribution in [-0.4, -0.2) is 28.9 Å². The second-order valence-corrected chi connectivity index (χ2v) is 8.30. The predicted molar refractivity (Wildman–Crippen MR) is 105 cm³/mol. The van der Waals surface area contributed by atoms with Crippen molar-refractivity contribution in [2.24, 2.45) is 0 Å². The molecule has 2 amide bonds. The smallest absolute Gasteiger partial charge is 0.351 e. The van der Waals surface area contributed by atoms with Crippen LogP contribution in [-0.2, 0) is 16.1 Å². The predicted octanol–water partition coefficient (Wildman–Crippen LogP) is 4.97. The number of carbonyl (C=O) groups excluding carboxylic acids is 2. The second-order valence-electron chi connectivity index (χ2n) is 7.32. The number of thiophene rings is 1. The number of halogens is 4. The Hall–Kier alpha value is -2.42. The lowest BCUT2D eigenvalue weighted by atomic mass is 9.95. The molecule has 9 heteroatoms. The molecule has 1 fully saturated rings. The average Bonchev–Trinajstić information content (AvgIpc) is 3.23. The molecule has 4 nitrogen and oxygen atoms in total. The first-order chi connectivity index (χ1) is 14.3. The summed E-state index contributed by atoms with van der Waals surface area (Å²) in [5.74, 6) is -3.29. The van der Waals surface area contributed by atoms with Gasteiger partial charge < -0.3 is 10.2 Å². The molecule has 0 saturated heterocycles. The van der Waals surface area contributed by atoms with Crippen molar-refractivity contribution in [1.29, 1.82) is 0 Å². The molecule has 0 aliphatic heterocycles. The number of amides is 2. The van der Waals surface area contributed by atoms with Gasteiger partial charge in [-0.3, -0.25) is 9.59 Å². The maximum Gasteiger partial charge on any atom is 0.471 e. The van der Waals surface area contributed by atoms with Crippen molar-refractivity contribution in [2.45, 2.75) is 56.9 Å². The van der Waals surface area contributed by atoms with Gasteiger partial charge in [-0.1, -0.05) is 37.5 Å². The van der Waals surface area contributed by atoms with Crippen molar-refractivity contribution in [3.8, 4) is 0 Å². The van der Waals surface area contributed by atoms with Gasteiger partial charge in [0.15, 0.2) is 0 Å². The largest absolute Gasteiger partial charge is 0.471 e. The monoisotopic (exact) mass is 442 g/mol. The van der Waals surface area contributed by atoms with Gasteiger partial charge >= 0.3 is 12.1 Å². The van der Waals surface area contributed by atoms with Gasteiger partial charge in [0.05, 0.1) is 0 Å². The minimum Gasteiger partial charge on any atom is -0.351 e. The first-order valence-electron chi connectivity index (χ1n) is 9.71. The summed E-state index contributed by atoms with van der Waals surface area (Å²) in [6.45, 7) is -0.473. The van der Waals surface area contributed by atoms with Gasteiger partial charge in [0.1, 0.15) is 11.9 Å². The normalized spacial score (nSPS) is 16.1. The molecule has 0 unspecified atom stereocenters. The summed E-state index contributed by atoms with van der Waals surface area (Å²) in [6, 6.07) is 6.43. The lowest BCUT2D eigenvalue weighted by Crippen LogP contribution is -2.49. The Morgan fingerprint density at radius 1 is 1.10 bits per heavy atom. The van der Waals surface area contributed by atoms with Crippen molar-refractivity contribution < 1.29 is 27.2 Å². The van der Waals surface area contributed by atoms with Gasteiger partial charge in [0.2, 0.25) is 5.91 Å². The Morgan fingerprint density at radius 2 is 1.77 bits per heavy atom. The molecule has 2 aromatic rings. The van der Waals surface area contributed by atoms with Crippen LogP contribution in [0.1, 0.15) is 48.6 Å². The summed E-state index contributed by atoms with van der Waals surface area (Å²) < 4.78 is 53.5. The number of nitrogens with one attached hydrogen (secondary N) is 1. The van der Waals surface area contributed by atoms with Crippen LogP contribution in [0.4, 0.5) is 17.6 Å². The standard InChI is InChI=1S/C21H22F4N2O2S/c22-15-10-8-14(9-11-15)13-27(20(29)21(23,24)25)18(17-7-4-12-30-17)19(28)26-16-5-2-1-3-6-16/h4,7-12,16,18H,1-3,5-6,13H2,(H,26,28)/t18-/m0/s1. The maximum absolute atomic E-state index is 13.4. The molecule has 1 atom stereocenters. The number of hydrogen-bond donors (Lipinski definition) is 1. The average molecular weight is 442 g/mol. The Morgan fingerprint density at radius 3 is 2.33 bits per heavy atom. The van der Waals surface area contributed by atoms with Crippen molar-refractivity contribution >= 4 is 23.2 Å². The highest BCUT2D eigenvalue weighted by Crippen LogP contribution is 2.32. The molecule has 0 spiro atoms.